The average Bonchev–Trinajstić information content (AvgIpc) is 2.93. The zero-order valence-electron chi connectivity index (χ0n) is 13.4. The summed E-state index contributed by atoms with van der Waals surface area (Å²) in [7, 11) is 1.64. The van der Waals surface area contributed by atoms with Crippen molar-refractivity contribution in [1.29, 1.82) is 0 Å². The summed E-state index contributed by atoms with van der Waals surface area (Å²) in [6.07, 6.45) is 3.10. The van der Waals surface area contributed by atoms with Gasteiger partial charge in [0.25, 0.3) is 0 Å². The van der Waals surface area contributed by atoms with Crippen molar-refractivity contribution in [3.05, 3.63) is 58.9 Å². The Bertz CT molecular complexity index is 728. The van der Waals surface area contributed by atoms with E-state index in [0.717, 1.165) is 34.6 Å². The van der Waals surface area contributed by atoms with Crippen LogP contribution in [0.3, 0.4) is 0 Å². The average molecular weight is 311 g/mol. The molecule has 5 nitrogen and oxygen atoms in total. The van der Waals surface area contributed by atoms with Crippen LogP contribution in [0.1, 0.15) is 28.8 Å². The molecule has 0 saturated heterocycles. The van der Waals surface area contributed by atoms with Crippen LogP contribution in [0.4, 0.5) is 0 Å². The Hall–Kier alpha value is -2.40. The van der Waals surface area contributed by atoms with Crippen molar-refractivity contribution in [2.75, 3.05) is 7.11 Å². The molecule has 0 bridgehead atoms. The van der Waals surface area contributed by atoms with Gasteiger partial charge in [0.2, 0.25) is 5.91 Å². The first-order valence-corrected chi connectivity index (χ1v) is 7.69. The third kappa shape index (κ3) is 2.80. The maximum Gasteiger partial charge on any atom is 0.244 e. The van der Waals surface area contributed by atoms with Crippen LogP contribution in [-0.2, 0) is 23.3 Å². The van der Waals surface area contributed by atoms with Crippen LogP contribution >= 0.6 is 0 Å². The number of hydrogen-bond acceptors (Lipinski definition) is 4. The van der Waals surface area contributed by atoms with E-state index in [0.29, 0.717) is 13.0 Å². The van der Waals surface area contributed by atoms with E-state index in [1.807, 2.05) is 37.3 Å². The molecule has 1 amide bonds. The van der Waals surface area contributed by atoms with Gasteiger partial charge in [0.05, 0.1) is 7.11 Å². The van der Waals surface area contributed by atoms with Gasteiger partial charge in [-0.3, -0.25) is 9.78 Å². The van der Waals surface area contributed by atoms with Crippen molar-refractivity contribution in [2.24, 2.45) is 5.73 Å². The van der Waals surface area contributed by atoms with Crippen molar-refractivity contribution < 1.29 is 9.53 Å². The number of carbonyl (C=O) groups excluding carboxylic acids is 1. The van der Waals surface area contributed by atoms with E-state index < -0.39 is 5.54 Å². The van der Waals surface area contributed by atoms with Gasteiger partial charge in [0.1, 0.15) is 11.3 Å². The van der Waals surface area contributed by atoms with Crippen LogP contribution in [-0.4, -0.2) is 18.0 Å². The summed E-state index contributed by atoms with van der Waals surface area (Å²) in [5.74, 6) is 0.635. The summed E-state index contributed by atoms with van der Waals surface area (Å²) in [6, 6.07) is 9.58. The van der Waals surface area contributed by atoms with E-state index in [1.165, 1.54) is 0 Å². The van der Waals surface area contributed by atoms with Gasteiger partial charge in [-0.15, -0.1) is 0 Å². The number of carbonyl (C=O) groups is 1. The number of benzene rings is 1. The van der Waals surface area contributed by atoms with E-state index in [-0.39, 0.29) is 5.91 Å². The molecule has 0 fully saturated rings. The number of nitrogens with two attached hydrogens (primary N) is 1. The molecule has 0 saturated carbocycles. The number of rotatable bonds is 4. The topological polar surface area (TPSA) is 77.2 Å². The summed E-state index contributed by atoms with van der Waals surface area (Å²) in [5, 5.41) is 2.93. The zero-order chi connectivity index (χ0) is 16.4. The Morgan fingerprint density at radius 1 is 1.39 bits per heavy atom. The second-order valence-corrected chi connectivity index (χ2v) is 5.95. The molecule has 23 heavy (non-hydrogen) atoms. The highest BCUT2D eigenvalue weighted by atomic mass is 16.5. The lowest BCUT2D eigenvalue weighted by Crippen LogP contribution is -2.49. The predicted octanol–water partition coefficient (Wildman–Crippen LogP) is 1.82. The minimum atomic E-state index is -0.998. The van der Waals surface area contributed by atoms with Crippen LogP contribution in [0.5, 0.6) is 5.75 Å². The molecule has 3 N–H and O–H groups in total. The number of aryl methyl sites for hydroxylation is 1. The molecule has 1 heterocycles. The van der Waals surface area contributed by atoms with E-state index in [1.54, 1.807) is 13.3 Å². The number of aromatic nitrogens is 1. The summed E-state index contributed by atoms with van der Waals surface area (Å²) >= 11 is 0. The fourth-order valence-electron chi connectivity index (χ4n) is 3.07. The van der Waals surface area contributed by atoms with Gasteiger partial charge < -0.3 is 15.8 Å². The summed E-state index contributed by atoms with van der Waals surface area (Å²) in [5.41, 5.74) is 9.24. The fraction of sp³-hybridized carbons (Fsp3) is 0.333. The molecule has 1 aliphatic rings. The molecule has 1 unspecified atom stereocenters. The van der Waals surface area contributed by atoms with E-state index >= 15 is 0 Å². The molecule has 0 aliphatic heterocycles. The fourth-order valence-corrected chi connectivity index (χ4v) is 3.07. The van der Waals surface area contributed by atoms with Crippen molar-refractivity contribution in [1.82, 2.24) is 10.3 Å². The minimum absolute atomic E-state index is 0.162. The van der Waals surface area contributed by atoms with Crippen LogP contribution in [0.15, 0.2) is 36.5 Å². The molecule has 1 atom stereocenters. The second-order valence-electron chi connectivity index (χ2n) is 5.95. The summed E-state index contributed by atoms with van der Waals surface area (Å²) in [4.78, 5) is 16.9. The summed E-state index contributed by atoms with van der Waals surface area (Å²) < 4.78 is 5.38. The minimum Gasteiger partial charge on any atom is -0.496 e. The molecule has 2 aromatic rings. The lowest BCUT2D eigenvalue weighted by molar-refractivity contribution is -0.126. The molecule has 120 valence electrons. The van der Waals surface area contributed by atoms with E-state index in [4.69, 9.17) is 10.5 Å². The highest BCUT2D eigenvalue weighted by molar-refractivity contribution is 5.89. The number of nitrogens with zero attached hydrogens (tertiary/aromatic N) is 1. The highest BCUT2D eigenvalue weighted by Crippen LogP contribution is 2.39. The smallest absolute Gasteiger partial charge is 0.244 e. The lowest BCUT2D eigenvalue weighted by Gasteiger charge is -2.24. The Morgan fingerprint density at radius 2 is 2.22 bits per heavy atom. The second kappa shape index (κ2) is 6.01. The normalized spacial score (nSPS) is 19.3. The van der Waals surface area contributed by atoms with E-state index in [9.17, 15) is 4.79 Å². The first-order valence-electron chi connectivity index (χ1n) is 7.69. The van der Waals surface area contributed by atoms with E-state index in [2.05, 4.69) is 10.3 Å². The van der Waals surface area contributed by atoms with Crippen molar-refractivity contribution >= 4 is 5.91 Å². The van der Waals surface area contributed by atoms with Crippen molar-refractivity contribution in [3.8, 4) is 5.75 Å². The number of hydrogen-bond donors (Lipinski definition) is 2. The molecular formula is C18H21N3O2. The van der Waals surface area contributed by atoms with Crippen LogP contribution in [0, 0.1) is 6.92 Å². The Morgan fingerprint density at radius 3 is 2.91 bits per heavy atom. The van der Waals surface area contributed by atoms with Crippen LogP contribution < -0.4 is 15.8 Å². The monoisotopic (exact) mass is 311 g/mol. The maximum absolute atomic E-state index is 12.7. The van der Waals surface area contributed by atoms with Gasteiger partial charge in [0.15, 0.2) is 0 Å². The Labute approximate surface area is 135 Å². The van der Waals surface area contributed by atoms with Gasteiger partial charge in [-0.2, -0.15) is 0 Å². The molecule has 1 aromatic carbocycles. The van der Waals surface area contributed by atoms with Gasteiger partial charge in [0, 0.05) is 18.4 Å². The number of methoxy groups -OCH3 is 1. The molecule has 0 spiro atoms. The summed E-state index contributed by atoms with van der Waals surface area (Å²) in [6.45, 7) is 2.35. The van der Waals surface area contributed by atoms with Crippen molar-refractivity contribution in [2.45, 2.75) is 31.8 Å². The first-order chi connectivity index (χ1) is 11.0. The number of pyridine rings is 1. The number of ether oxygens (including phenoxy) is 1. The molecule has 1 aromatic heterocycles. The highest BCUT2D eigenvalue weighted by Gasteiger charge is 2.42. The third-order valence-electron chi connectivity index (χ3n) is 4.43. The molecule has 5 heteroatoms. The molecule has 1 aliphatic carbocycles. The quantitative estimate of drug-likeness (QED) is 0.903. The van der Waals surface area contributed by atoms with Gasteiger partial charge in [-0.05, 0) is 48.6 Å². The lowest BCUT2D eigenvalue weighted by atomic mass is 9.91. The SMILES string of the molecule is COc1cccc2c1CCC2(N)C(=O)NCc1ccc(C)nc1. The molecular weight excluding hydrogens is 290 g/mol. The Kier molecular flexibility index (Phi) is 4.05. The molecule has 3 rings (SSSR count). The number of amides is 1. The number of fused-ring (bicyclic) bond motifs is 1. The maximum atomic E-state index is 12.7. The first kappa shape index (κ1) is 15.5. The predicted molar refractivity (Wildman–Crippen MR) is 88.0 cm³/mol. The Balaban J connectivity index is 1.77. The van der Waals surface area contributed by atoms with Gasteiger partial charge >= 0.3 is 0 Å². The van der Waals surface area contributed by atoms with Gasteiger partial charge in [-0.25, -0.2) is 0 Å². The molecule has 0 radical (unpaired) electrons. The van der Waals surface area contributed by atoms with Crippen LogP contribution in [0.2, 0.25) is 0 Å². The third-order valence-corrected chi connectivity index (χ3v) is 4.43. The van der Waals surface area contributed by atoms with Gasteiger partial charge in [-0.1, -0.05) is 18.2 Å². The standard InChI is InChI=1S/C18H21N3O2/c1-12-6-7-13(10-20-12)11-21-17(22)18(19)9-8-14-15(18)4-3-5-16(14)23-2/h3-7,10H,8-9,11,19H2,1-2H3,(H,21,22). The number of nitrogens with one attached hydrogen (secondary N) is 1. The van der Waals surface area contributed by atoms with Crippen molar-refractivity contribution in [3.63, 3.8) is 0 Å². The van der Waals surface area contributed by atoms with Crippen LogP contribution in [0.25, 0.3) is 0 Å². The largest absolute Gasteiger partial charge is 0.496 e. The zero-order valence-corrected chi connectivity index (χ0v) is 13.4.